The molecule has 0 saturated heterocycles. The molecule has 0 spiro atoms. The molecule has 0 amide bonds. The van der Waals surface area contributed by atoms with Gasteiger partial charge in [-0.25, -0.2) is 9.48 Å². The molecule has 1 aliphatic carbocycles. The zero-order valence-electron chi connectivity index (χ0n) is 15.8. The average Bonchev–Trinajstić information content (AvgIpc) is 3.38. The monoisotopic (exact) mass is 381 g/mol. The Morgan fingerprint density at radius 2 is 2.14 bits per heavy atom. The molecule has 28 heavy (non-hydrogen) atoms. The number of nitrogens with one attached hydrogen (secondary N) is 1. The van der Waals surface area contributed by atoms with Crippen LogP contribution >= 0.6 is 0 Å². The molecule has 146 valence electrons. The van der Waals surface area contributed by atoms with Crippen molar-refractivity contribution in [1.29, 1.82) is 0 Å². The van der Waals surface area contributed by atoms with Crippen molar-refractivity contribution < 1.29 is 14.3 Å². The topological polar surface area (TPSA) is 86.2 Å². The highest BCUT2D eigenvalue weighted by molar-refractivity contribution is 5.85. The molecule has 1 fully saturated rings. The maximum absolute atomic E-state index is 12.7. The van der Waals surface area contributed by atoms with Gasteiger partial charge in [-0.3, -0.25) is 4.79 Å². The molecule has 2 aromatic heterocycles. The average molecular weight is 381 g/mol. The number of carbonyl (C=O) groups is 1. The Morgan fingerprint density at radius 3 is 2.89 bits per heavy atom. The molecule has 7 nitrogen and oxygen atoms in total. The Hall–Kier alpha value is -3.09. The summed E-state index contributed by atoms with van der Waals surface area (Å²) in [6.45, 7) is 0. The zero-order valence-corrected chi connectivity index (χ0v) is 15.8. The van der Waals surface area contributed by atoms with Crippen molar-refractivity contribution in [3.63, 3.8) is 0 Å². The van der Waals surface area contributed by atoms with Crippen molar-refractivity contribution in [2.45, 2.75) is 38.1 Å². The van der Waals surface area contributed by atoms with Crippen molar-refractivity contribution in [1.82, 2.24) is 14.8 Å². The molecule has 1 aromatic carbocycles. The molecule has 1 unspecified atom stereocenters. The largest absolute Gasteiger partial charge is 0.467 e. The highest BCUT2D eigenvalue weighted by Crippen LogP contribution is 2.32. The number of nitrogens with zero attached hydrogens (tertiary/aromatic N) is 2. The van der Waals surface area contributed by atoms with Crippen LogP contribution in [0.1, 0.15) is 38.1 Å². The number of carbonyl (C=O) groups excluding carboxylic acids is 1. The van der Waals surface area contributed by atoms with Crippen LogP contribution in [0.4, 0.5) is 0 Å². The number of methoxy groups -OCH3 is 1. The number of rotatable bonds is 6. The molecule has 1 aliphatic rings. The van der Waals surface area contributed by atoms with Gasteiger partial charge in [0, 0.05) is 23.2 Å². The van der Waals surface area contributed by atoms with Gasteiger partial charge in [0.15, 0.2) is 11.8 Å². The number of hydrogen-bond acceptors (Lipinski definition) is 5. The van der Waals surface area contributed by atoms with Gasteiger partial charge in [-0.05, 0) is 30.5 Å². The first-order valence-corrected chi connectivity index (χ1v) is 9.56. The van der Waals surface area contributed by atoms with Gasteiger partial charge in [0.2, 0.25) is 0 Å². The minimum atomic E-state index is -0.706. The van der Waals surface area contributed by atoms with Crippen LogP contribution < -0.4 is 10.3 Å². The highest BCUT2D eigenvalue weighted by atomic mass is 16.5. The van der Waals surface area contributed by atoms with Gasteiger partial charge in [0.25, 0.3) is 5.56 Å². The van der Waals surface area contributed by atoms with Crippen LogP contribution in [-0.2, 0) is 9.53 Å². The van der Waals surface area contributed by atoms with E-state index in [-0.39, 0.29) is 5.56 Å². The maximum atomic E-state index is 12.7. The van der Waals surface area contributed by atoms with Crippen molar-refractivity contribution in [2.24, 2.45) is 5.92 Å². The Balaban J connectivity index is 1.59. The van der Waals surface area contributed by atoms with E-state index in [4.69, 9.17) is 9.47 Å². The number of H-pyrrole nitrogens is 1. The lowest BCUT2D eigenvalue weighted by molar-refractivity contribution is -0.145. The van der Waals surface area contributed by atoms with Gasteiger partial charge in [0.1, 0.15) is 5.75 Å². The van der Waals surface area contributed by atoms with Gasteiger partial charge < -0.3 is 14.5 Å². The molecule has 1 atom stereocenters. The van der Waals surface area contributed by atoms with Gasteiger partial charge in [-0.2, -0.15) is 5.10 Å². The van der Waals surface area contributed by atoms with Crippen molar-refractivity contribution >= 4 is 16.9 Å². The van der Waals surface area contributed by atoms with Crippen LogP contribution in [0.5, 0.6) is 11.5 Å². The molecular weight excluding hydrogens is 358 g/mol. The third-order valence-corrected chi connectivity index (χ3v) is 5.38. The predicted octanol–water partition coefficient (Wildman–Crippen LogP) is 3.81. The van der Waals surface area contributed by atoms with E-state index in [2.05, 4.69) is 10.1 Å². The maximum Gasteiger partial charge on any atom is 0.330 e. The second-order valence-electron chi connectivity index (χ2n) is 7.20. The second kappa shape index (κ2) is 7.88. The summed E-state index contributed by atoms with van der Waals surface area (Å²) in [5.74, 6) is 0.944. The van der Waals surface area contributed by atoms with Crippen molar-refractivity contribution in [3.8, 4) is 11.5 Å². The number of benzene rings is 1. The molecular formula is C21H23N3O4. The Bertz CT molecular complexity index is 1030. The van der Waals surface area contributed by atoms with E-state index in [0.717, 1.165) is 23.7 Å². The SMILES string of the molecule is COC(=O)C(CC1CCCC1)n1ncc(Oc2cccc3[nH]ccc23)cc1=O. The van der Waals surface area contributed by atoms with Crippen LogP contribution in [0.2, 0.25) is 0 Å². The predicted molar refractivity (Wildman–Crippen MR) is 104 cm³/mol. The summed E-state index contributed by atoms with van der Waals surface area (Å²) in [6.07, 6.45) is 8.35. The van der Waals surface area contributed by atoms with Gasteiger partial charge >= 0.3 is 5.97 Å². The summed E-state index contributed by atoms with van der Waals surface area (Å²) in [4.78, 5) is 28.1. The third-order valence-electron chi connectivity index (χ3n) is 5.38. The van der Waals surface area contributed by atoms with E-state index in [1.165, 1.54) is 36.9 Å². The molecule has 2 heterocycles. The molecule has 1 N–H and O–H groups in total. The minimum Gasteiger partial charge on any atom is -0.467 e. The van der Waals surface area contributed by atoms with E-state index < -0.39 is 12.0 Å². The summed E-state index contributed by atoms with van der Waals surface area (Å²) < 4.78 is 12.0. The van der Waals surface area contributed by atoms with E-state index in [0.29, 0.717) is 23.8 Å². The van der Waals surface area contributed by atoms with E-state index in [1.54, 1.807) is 0 Å². The first-order valence-electron chi connectivity index (χ1n) is 9.56. The second-order valence-corrected chi connectivity index (χ2v) is 7.20. The lowest BCUT2D eigenvalue weighted by Crippen LogP contribution is -2.33. The number of hydrogen-bond donors (Lipinski definition) is 1. The third kappa shape index (κ3) is 3.65. The summed E-state index contributed by atoms with van der Waals surface area (Å²) in [5.41, 5.74) is 0.563. The number of aromatic amines is 1. The molecule has 0 bridgehead atoms. The Labute approximate surface area is 162 Å². The van der Waals surface area contributed by atoms with Crippen LogP contribution in [0.15, 0.2) is 47.5 Å². The summed E-state index contributed by atoms with van der Waals surface area (Å²) in [6, 6.07) is 8.22. The van der Waals surface area contributed by atoms with E-state index in [1.807, 2.05) is 30.5 Å². The molecule has 1 saturated carbocycles. The fraction of sp³-hybridized carbons (Fsp3) is 0.381. The molecule has 3 aromatic rings. The summed E-state index contributed by atoms with van der Waals surface area (Å²) in [7, 11) is 1.34. The normalized spacial score (nSPS) is 15.6. The number of esters is 1. The number of ether oxygens (including phenoxy) is 2. The van der Waals surface area contributed by atoms with Gasteiger partial charge in [0.05, 0.1) is 13.3 Å². The van der Waals surface area contributed by atoms with E-state index in [9.17, 15) is 9.59 Å². The lowest BCUT2D eigenvalue weighted by Gasteiger charge is -2.19. The quantitative estimate of drug-likeness (QED) is 0.656. The fourth-order valence-corrected chi connectivity index (χ4v) is 3.96. The molecule has 0 radical (unpaired) electrons. The first kappa shape index (κ1) is 18.3. The highest BCUT2D eigenvalue weighted by Gasteiger charge is 2.29. The Morgan fingerprint density at radius 1 is 1.32 bits per heavy atom. The molecule has 7 heteroatoms. The summed E-state index contributed by atoms with van der Waals surface area (Å²) >= 11 is 0. The smallest absolute Gasteiger partial charge is 0.330 e. The van der Waals surface area contributed by atoms with Crippen molar-refractivity contribution in [3.05, 3.63) is 53.1 Å². The number of fused-ring (bicyclic) bond motifs is 1. The first-order chi connectivity index (χ1) is 13.7. The zero-order chi connectivity index (χ0) is 19.5. The number of aromatic nitrogens is 3. The standard InChI is InChI=1S/C21H23N3O4/c1-27-21(26)18(11-14-5-2-3-6-14)24-20(25)12-15(13-23-24)28-19-8-4-7-17-16(19)9-10-22-17/h4,7-10,12-14,18,22H,2-3,5-6,11H2,1H3. The molecule has 0 aliphatic heterocycles. The van der Waals surface area contributed by atoms with Crippen LogP contribution in [0.25, 0.3) is 10.9 Å². The fourth-order valence-electron chi connectivity index (χ4n) is 3.96. The van der Waals surface area contributed by atoms with Crippen LogP contribution in [-0.4, -0.2) is 27.8 Å². The van der Waals surface area contributed by atoms with Crippen LogP contribution in [0, 0.1) is 5.92 Å². The van der Waals surface area contributed by atoms with Crippen molar-refractivity contribution in [2.75, 3.05) is 7.11 Å². The lowest BCUT2D eigenvalue weighted by atomic mass is 9.98. The Kier molecular flexibility index (Phi) is 5.14. The summed E-state index contributed by atoms with van der Waals surface area (Å²) in [5, 5.41) is 5.14. The minimum absolute atomic E-state index is 0.333. The molecule has 4 rings (SSSR count). The van der Waals surface area contributed by atoms with E-state index >= 15 is 0 Å². The van der Waals surface area contributed by atoms with Gasteiger partial charge in [-0.1, -0.05) is 31.7 Å². The van der Waals surface area contributed by atoms with Gasteiger partial charge in [-0.15, -0.1) is 0 Å². The van der Waals surface area contributed by atoms with Crippen LogP contribution in [0.3, 0.4) is 0 Å².